The summed E-state index contributed by atoms with van der Waals surface area (Å²) in [6.45, 7) is 4.62. The van der Waals surface area contributed by atoms with Crippen LogP contribution in [0.4, 0.5) is 11.6 Å². The van der Waals surface area contributed by atoms with Crippen LogP contribution in [0.25, 0.3) is 11.5 Å². The number of sulfonamides is 1. The second kappa shape index (κ2) is 11.9. The molecule has 3 heterocycles. The third-order valence-corrected chi connectivity index (χ3v) is 9.71. The molecule has 0 amide bonds. The minimum absolute atomic E-state index is 0.104. The highest BCUT2D eigenvalue weighted by molar-refractivity contribution is 7.92. The molecule has 10 heteroatoms. The van der Waals surface area contributed by atoms with Crippen LogP contribution in [0, 0.1) is 11.8 Å². The van der Waals surface area contributed by atoms with Gasteiger partial charge < -0.3 is 14.6 Å². The standard InChI is InChI=1S/C32H38N6O3S/c1-22-17-26(22)21-38(20-23-11-6-4-7-12-23)29-19-25(18-28(34-29)37(2)42(3,39)40)31-35-36-32(41-31)30-27(15-10-16-33-30)24-13-8-5-9-14-24/h4-9,11-14,18-19,22,26-27,30,33H,10,15-17,20-21H2,1-3H3/t22-,26+,27-,30?/m0/s1. The van der Waals surface area contributed by atoms with E-state index in [1.165, 1.54) is 29.6 Å². The van der Waals surface area contributed by atoms with Crippen LogP contribution >= 0.6 is 0 Å². The smallest absolute Gasteiger partial charge is 0.248 e. The van der Waals surface area contributed by atoms with Gasteiger partial charge in [0.2, 0.25) is 21.8 Å². The number of nitrogens with zero attached hydrogens (tertiary/aromatic N) is 5. The van der Waals surface area contributed by atoms with Crippen molar-refractivity contribution < 1.29 is 12.8 Å². The van der Waals surface area contributed by atoms with Crippen LogP contribution in [0.3, 0.4) is 0 Å². The lowest BCUT2D eigenvalue weighted by molar-refractivity contribution is 0.303. The van der Waals surface area contributed by atoms with E-state index in [0.29, 0.717) is 47.4 Å². The van der Waals surface area contributed by atoms with Crippen LogP contribution in [-0.4, -0.2) is 50.0 Å². The molecule has 1 saturated carbocycles. The Morgan fingerprint density at radius 1 is 1.00 bits per heavy atom. The third kappa shape index (κ3) is 6.34. The Morgan fingerprint density at radius 3 is 2.38 bits per heavy atom. The van der Waals surface area contributed by atoms with Crippen LogP contribution in [0.2, 0.25) is 0 Å². The van der Waals surface area contributed by atoms with Crippen molar-refractivity contribution in [2.75, 3.05) is 35.6 Å². The van der Waals surface area contributed by atoms with Gasteiger partial charge in [-0.2, -0.15) is 0 Å². The van der Waals surface area contributed by atoms with Gasteiger partial charge in [-0.3, -0.25) is 4.31 Å². The van der Waals surface area contributed by atoms with E-state index < -0.39 is 10.0 Å². The number of hydrogen-bond donors (Lipinski definition) is 1. The van der Waals surface area contributed by atoms with Crippen molar-refractivity contribution in [1.82, 2.24) is 20.5 Å². The van der Waals surface area contributed by atoms with Crippen LogP contribution in [0.5, 0.6) is 0 Å². The van der Waals surface area contributed by atoms with Crippen molar-refractivity contribution in [3.05, 3.63) is 89.8 Å². The van der Waals surface area contributed by atoms with E-state index in [4.69, 9.17) is 9.40 Å². The van der Waals surface area contributed by atoms with E-state index in [9.17, 15) is 8.42 Å². The molecule has 1 unspecified atom stereocenters. The van der Waals surface area contributed by atoms with Crippen LogP contribution in [0.1, 0.15) is 55.2 Å². The third-order valence-electron chi connectivity index (χ3n) is 8.53. The Balaban J connectivity index is 1.38. The molecular formula is C32H38N6O3S. The van der Waals surface area contributed by atoms with Gasteiger partial charge >= 0.3 is 0 Å². The Hall–Kier alpha value is -3.76. The SMILES string of the molecule is C[C@H]1C[C@@H]1CN(Cc1ccccc1)c1cc(-c2nnc(C3NCCC[C@H]3c3ccccc3)o2)cc(N(C)S(C)(=O)=O)n1. The molecule has 0 bridgehead atoms. The quantitative estimate of drug-likeness (QED) is 0.264. The van der Waals surface area contributed by atoms with E-state index in [1.54, 1.807) is 6.07 Å². The summed E-state index contributed by atoms with van der Waals surface area (Å²) in [4.78, 5) is 7.08. The first-order chi connectivity index (χ1) is 20.3. The van der Waals surface area contributed by atoms with Gasteiger partial charge in [0, 0.05) is 31.6 Å². The van der Waals surface area contributed by atoms with Crippen LogP contribution < -0.4 is 14.5 Å². The van der Waals surface area contributed by atoms with E-state index in [1.807, 2.05) is 30.3 Å². The van der Waals surface area contributed by atoms with Gasteiger partial charge in [0.05, 0.1) is 12.3 Å². The molecule has 1 N–H and O–H groups in total. The fourth-order valence-corrected chi connectivity index (χ4v) is 6.22. The van der Waals surface area contributed by atoms with E-state index in [-0.39, 0.29) is 12.0 Å². The maximum atomic E-state index is 12.6. The molecule has 6 rings (SSSR count). The Morgan fingerprint density at radius 2 is 1.69 bits per heavy atom. The Labute approximate surface area is 248 Å². The predicted molar refractivity (Wildman–Crippen MR) is 165 cm³/mol. The highest BCUT2D eigenvalue weighted by atomic mass is 32.2. The van der Waals surface area contributed by atoms with Gasteiger partial charge in [-0.15, -0.1) is 10.2 Å². The fourth-order valence-electron chi connectivity index (χ4n) is 5.78. The van der Waals surface area contributed by atoms with E-state index >= 15 is 0 Å². The Bertz CT molecular complexity index is 1610. The zero-order valence-corrected chi connectivity index (χ0v) is 25.2. The van der Waals surface area contributed by atoms with E-state index in [2.05, 4.69) is 63.7 Å². The van der Waals surface area contributed by atoms with E-state index in [0.717, 1.165) is 31.5 Å². The molecule has 2 aromatic heterocycles. The number of aromatic nitrogens is 3. The van der Waals surface area contributed by atoms with Gasteiger partial charge in [0.15, 0.2) is 0 Å². The van der Waals surface area contributed by atoms with Crippen molar-refractivity contribution in [3.63, 3.8) is 0 Å². The van der Waals surface area contributed by atoms with Crippen LogP contribution in [0.15, 0.2) is 77.2 Å². The molecule has 4 atom stereocenters. The zero-order valence-electron chi connectivity index (χ0n) is 24.3. The number of anilines is 2. The fraction of sp³-hybridized carbons (Fsp3) is 0.406. The summed E-state index contributed by atoms with van der Waals surface area (Å²) < 4.78 is 32.7. The maximum absolute atomic E-state index is 12.6. The minimum atomic E-state index is -3.55. The van der Waals surface area contributed by atoms with Gasteiger partial charge in [0.1, 0.15) is 11.6 Å². The summed E-state index contributed by atoms with van der Waals surface area (Å²) in [5.74, 6) is 3.30. The molecule has 1 aliphatic carbocycles. The van der Waals surface area contributed by atoms with Crippen LogP contribution in [-0.2, 0) is 16.6 Å². The molecular weight excluding hydrogens is 548 g/mol. The molecule has 2 aromatic carbocycles. The van der Waals surface area contributed by atoms with Crippen molar-refractivity contribution in [3.8, 4) is 11.5 Å². The molecule has 9 nitrogen and oxygen atoms in total. The number of pyridine rings is 1. The average Bonchev–Trinajstić information content (AvgIpc) is 3.48. The molecule has 42 heavy (non-hydrogen) atoms. The molecule has 4 aromatic rings. The van der Waals surface area contributed by atoms with Gasteiger partial charge in [-0.05, 0) is 60.9 Å². The highest BCUT2D eigenvalue weighted by Crippen LogP contribution is 2.41. The average molecular weight is 587 g/mol. The van der Waals surface area contributed by atoms with Gasteiger partial charge in [0.25, 0.3) is 0 Å². The molecule has 0 radical (unpaired) electrons. The normalized spacial score (nSPS) is 22.1. The molecule has 0 spiro atoms. The number of hydrogen-bond acceptors (Lipinski definition) is 8. The summed E-state index contributed by atoms with van der Waals surface area (Å²) in [5, 5.41) is 12.5. The number of piperidine rings is 1. The Kier molecular flexibility index (Phi) is 8.00. The summed E-state index contributed by atoms with van der Waals surface area (Å²) in [7, 11) is -2.03. The molecule has 1 saturated heterocycles. The summed E-state index contributed by atoms with van der Waals surface area (Å²) in [5.41, 5.74) is 3.04. The highest BCUT2D eigenvalue weighted by Gasteiger charge is 2.35. The first-order valence-electron chi connectivity index (χ1n) is 14.6. The lowest BCUT2D eigenvalue weighted by atomic mass is 9.85. The lowest BCUT2D eigenvalue weighted by Crippen LogP contribution is -2.33. The minimum Gasteiger partial charge on any atom is -0.419 e. The summed E-state index contributed by atoms with van der Waals surface area (Å²) in [6, 6.07) is 24.2. The maximum Gasteiger partial charge on any atom is 0.248 e. The monoisotopic (exact) mass is 586 g/mol. The first kappa shape index (κ1) is 28.4. The zero-order chi connectivity index (χ0) is 29.3. The number of nitrogens with one attached hydrogen (secondary N) is 1. The lowest BCUT2D eigenvalue weighted by Gasteiger charge is -2.30. The molecule has 2 fully saturated rings. The van der Waals surface area contributed by atoms with Crippen molar-refractivity contribution >= 4 is 21.7 Å². The summed E-state index contributed by atoms with van der Waals surface area (Å²) >= 11 is 0. The largest absolute Gasteiger partial charge is 0.419 e. The first-order valence-corrected chi connectivity index (χ1v) is 16.5. The molecule has 1 aliphatic heterocycles. The summed E-state index contributed by atoms with van der Waals surface area (Å²) in [6.07, 6.45) is 4.45. The van der Waals surface area contributed by atoms with Gasteiger partial charge in [-0.1, -0.05) is 67.6 Å². The second-order valence-corrected chi connectivity index (χ2v) is 13.7. The van der Waals surface area contributed by atoms with Crippen molar-refractivity contribution in [2.24, 2.45) is 11.8 Å². The second-order valence-electron chi connectivity index (χ2n) is 11.7. The predicted octanol–water partition coefficient (Wildman–Crippen LogP) is 5.40. The van der Waals surface area contributed by atoms with Crippen molar-refractivity contribution in [2.45, 2.75) is 44.7 Å². The molecule has 220 valence electrons. The van der Waals surface area contributed by atoms with Crippen molar-refractivity contribution in [1.29, 1.82) is 0 Å². The number of rotatable bonds is 10. The molecule has 2 aliphatic rings. The number of benzene rings is 2. The topological polar surface area (TPSA) is 104 Å². The van der Waals surface area contributed by atoms with Gasteiger partial charge in [-0.25, -0.2) is 13.4 Å².